The van der Waals surface area contributed by atoms with Gasteiger partial charge in [0.1, 0.15) is 0 Å². The average molecular weight is 270 g/mol. The zero-order chi connectivity index (χ0) is 13.5. The van der Waals surface area contributed by atoms with Crippen LogP contribution in [0, 0.1) is 5.92 Å². The Hall–Kier alpha value is -0.160. The number of hydrogen-bond donors (Lipinski definition) is 2. The van der Waals surface area contributed by atoms with Gasteiger partial charge < -0.3 is 15.2 Å². The van der Waals surface area contributed by atoms with Crippen molar-refractivity contribution in [2.24, 2.45) is 5.92 Å². The number of aliphatic hydroxyl groups excluding tert-OH is 1. The molecule has 2 unspecified atom stereocenters. The van der Waals surface area contributed by atoms with Crippen LogP contribution < -0.4 is 5.32 Å². The third-order valence-corrected chi connectivity index (χ3v) is 4.60. The average Bonchev–Trinajstić information content (AvgIpc) is 2.36. The summed E-state index contributed by atoms with van der Waals surface area (Å²) in [5, 5.41) is 12.7. The van der Waals surface area contributed by atoms with Crippen molar-refractivity contribution < 1.29 is 9.84 Å². The molecule has 1 aliphatic heterocycles. The summed E-state index contributed by atoms with van der Waals surface area (Å²) >= 11 is 0. The topological polar surface area (TPSA) is 44.7 Å². The molecule has 2 rings (SSSR count). The number of ether oxygens (including phenoxy) is 1. The molecule has 4 heteroatoms. The summed E-state index contributed by atoms with van der Waals surface area (Å²) in [5.74, 6) is 0.605. The van der Waals surface area contributed by atoms with Crippen LogP contribution in [0.25, 0.3) is 0 Å². The Balaban J connectivity index is 1.85. The first-order valence-electron chi connectivity index (χ1n) is 8.01. The van der Waals surface area contributed by atoms with E-state index in [-0.39, 0.29) is 0 Å². The van der Waals surface area contributed by atoms with Crippen molar-refractivity contribution in [2.45, 2.75) is 51.1 Å². The van der Waals surface area contributed by atoms with Gasteiger partial charge in [-0.1, -0.05) is 13.3 Å². The van der Waals surface area contributed by atoms with E-state index in [1.807, 2.05) is 0 Å². The fourth-order valence-corrected chi connectivity index (χ4v) is 3.26. The first-order valence-corrected chi connectivity index (χ1v) is 8.01. The summed E-state index contributed by atoms with van der Waals surface area (Å²) in [6, 6.07) is 1.37. The highest BCUT2D eigenvalue weighted by molar-refractivity contribution is 4.86. The Morgan fingerprint density at radius 2 is 2.16 bits per heavy atom. The molecular formula is C15H30N2O2. The van der Waals surface area contributed by atoms with E-state index in [0.29, 0.717) is 18.6 Å². The van der Waals surface area contributed by atoms with E-state index in [4.69, 9.17) is 9.84 Å². The molecule has 2 N–H and O–H groups in total. The van der Waals surface area contributed by atoms with Crippen LogP contribution in [0.3, 0.4) is 0 Å². The van der Waals surface area contributed by atoms with Crippen molar-refractivity contribution in [3.8, 4) is 0 Å². The zero-order valence-corrected chi connectivity index (χ0v) is 12.3. The molecule has 0 bridgehead atoms. The second kappa shape index (κ2) is 8.20. The molecule has 2 fully saturated rings. The van der Waals surface area contributed by atoms with Gasteiger partial charge in [0, 0.05) is 44.3 Å². The highest BCUT2D eigenvalue weighted by Gasteiger charge is 2.31. The lowest BCUT2D eigenvalue weighted by Gasteiger charge is -2.42. The van der Waals surface area contributed by atoms with Crippen LogP contribution in [0.1, 0.15) is 39.0 Å². The van der Waals surface area contributed by atoms with Gasteiger partial charge in [0.15, 0.2) is 0 Å². The molecule has 0 spiro atoms. The molecule has 1 saturated heterocycles. The molecule has 0 aromatic carbocycles. The molecule has 4 nitrogen and oxygen atoms in total. The van der Waals surface area contributed by atoms with Crippen molar-refractivity contribution in [1.82, 2.24) is 10.2 Å². The first kappa shape index (κ1) is 15.2. The number of rotatable bonds is 8. The third kappa shape index (κ3) is 4.42. The van der Waals surface area contributed by atoms with Crippen LogP contribution in [-0.4, -0.2) is 61.5 Å². The highest BCUT2D eigenvalue weighted by Crippen LogP contribution is 2.27. The van der Waals surface area contributed by atoms with E-state index in [2.05, 4.69) is 17.1 Å². The minimum atomic E-state index is 0.307. The van der Waals surface area contributed by atoms with E-state index in [9.17, 15) is 0 Å². The van der Waals surface area contributed by atoms with Gasteiger partial charge in [-0.3, -0.25) is 4.90 Å². The highest BCUT2D eigenvalue weighted by atomic mass is 16.5. The number of nitrogens with one attached hydrogen (secondary N) is 1. The van der Waals surface area contributed by atoms with Gasteiger partial charge >= 0.3 is 0 Å². The molecule has 19 heavy (non-hydrogen) atoms. The molecule has 2 atom stereocenters. The Morgan fingerprint density at radius 3 is 2.79 bits per heavy atom. The minimum absolute atomic E-state index is 0.307. The van der Waals surface area contributed by atoms with E-state index in [1.54, 1.807) is 0 Å². The molecule has 112 valence electrons. The second-order valence-corrected chi connectivity index (χ2v) is 5.94. The Morgan fingerprint density at radius 1 is 1.32 bits per heavy atom. The van der Waals surface area contributed by atoms with Gasteiger partial charge in [-0.15, -0.1) is 0 Å². The first-order chi connectivity index (χ1) is 9.35. The maximum Gasteiger partial charge on any atom is 0.0521 e. The Labute approximate surface area is 117 Å². The summed E-state index contributed by atoms with van der Waals surface area (Å²) in [6.07, 6.45) is 6.08. The van der Waals surface area contributed by atoms with Crippen molar-refractivity contribution in [3.63, 3.8) is 0 Å². The van der Waals surface area contributed by atoms with Gasteiger partial charge in [0.25, 0.3) is 0 Å². The molecule has 0 radical (unpaired) electrons. The summed E-state index contributed by atoms with van der Waals surface area (Å²) in [5.41, 5.74) is 0. The number of hydrogen-bond acceptors (Lipinski definition) is 4. The van der Waals surface area contributed by atoms with Crippen LogP contribution in [-0.2, 0) is 4.74 Å². The lowest BCUT2D eigenvalue weighted by Crippen LogP contribution is -2.51. The normalized spacial score (nSPS) is 28.6. The molecule has 0 aromatic rings. The fourth-order valence-electron chi connectivity index (χ4n) is 3.26. The van der Waals surface area contributed by atoms with Gasteiger partial charge in [-0.05, 0) is 32.2 Å². The standard InChI is InChI=1S/C15H30N2O2/c1-2-16-15-7-10-19-12-13(15)11-17(8-4-9-18)14-5-3-6-14/h13-16,18H,2-12H2,1H3. The van der Waals surface area contributed by atoms with E-state index in [1.165, 1.54) is 19.3 Å². The molecule has 0 aromatic heterocycles. The van der Waals surface area contributed by atoms with Crippen LogP contribution in [0.5, 0.6) is 0 Å². The summed E-state index contributed by atoms with van der Waals surface area (Å²) in [7, 11) is 0. The van der Waals surface area contributed by atoms with Crippen molar-refractivity contribution in [2.75, 3.05) is 39.5 Å². The third-order valence-electron chi connectivity index (χ3n) is 4.60. The van der Waals surface area contributed by atoms with Gasteiger partial charge in [0.2, 0.25) is 0 Å². The molecule has 1 saturated carbocycles. The largest absolute Gasteiger partial charge is 0.396 e. The molecule has 1 aliphatic carbocycles. The van der Waals surface area contributed by atoms with Crippen molar-refractivity contribution in [3.05, 3.63) is 0 Å². The smallest absolute Gasteiger partial charge is 0.0521 e. The minimum Gasteiger partial charge on any atom is -0.396 e. The predicted molar refractivity (Wildman–Crippen MR) is 77.3 cm³/mol. The molecule has 2 aliphatic rings. The van der Waals surface area contributed by atoms with E-state index < -0.39 is 0 Å². The second-order valence-electron chi connectivity index (χ2n) is 5.94. The van der Waals surface area contributed by atoms with Crippen LogP contribution in [0.2, 0.25) is 0 Å². The van der Waals surface area contributed by atoms with E-state index >= 15 is 0 Å². The van der Waals surface area contributed by atoms with Crippen molar-refractivity contribution >= 4 is 0 Å². The predicted octanol–water partition coefficient (Wildman–Crippen LogP) is 1.24. The fraction of sp³-hybridized carbons (Fsp3) is 1.00. The quantitative estimate of drug-likeness (QED) is 0.696. The van der Waals surface area contributed by atoms with E-state index in [0.717, 1.165) is 51.7 Å². The molecule has 1 heterocycles. The maximum atomic E-state index is 9.07. The zero-order valence-electron chi connectivity index (χ0n) is 12.3. The summed E-state index contributed by atoms with van der Waals surface area (Å²) < 4.78 is 5.68. The summed E-state index contributed by atoms with van der Waals surface area (Å²) in [6.45, 7) is 7.48. The SMILES string of the molecule is CCNC1CCOCC1CN(CCCO)C1CCC1. The number of aliphatic hydroxyl groups is 1. The van der Waals surface area contributed by atoms with Crippen LogP contribution in [0.4, 0.5) is 0 Å². The monoisotopic (exact) mass is 270 g/mol. The number of nitrogens with zero attached hydrogens (tertiary/aromatic N) is 1. The Bertz CT molecular complexity index is 244. The molecule has 0 amide bonds. The van der Waals surface area contributed by atoms with Gasteiger partial charge in [-0.25, -0.2) is 0 Å². The van der Waals surface area contributed by atoms with Gasteiger partial charge in [0.05, 0.1) is 6.61 Å². The maximum absolute atomic E-state index is 9.07. The molecular weight excluding hydrogens is 240 g/mol. The summed E-state index contributed by atoms with van der Waals surface area (Å²) in [4.78, 5) is 2.60. The van der Waals surface area contributed by atoms with Gasteiger partial charge in [-0.2, -0.15) is 0 Å². The lowest BCUT2D eigenvalue weighted by molar-refractivity contribution is 0.00137. The van der Waals surface area contributed by atoms with Crippen LogP contribution >= 0.6 is 0 Å². The Kier molecular flexibility index (Phi) is 6.57. The van der Waals surface area contributed by atoms with Crippen LogP contribution in [0.15, 0.2) is 0 Å². The van der Waals surface area contributed by atoms with Crippen molar-refractivity contribution in [1.29, 1.82) is 0 Å². The lowest BCUT2D eigenvalue weighted by atomic mass is 9.88.